The molecule has 0 radical (unpaired) electrons. The summed E-state index contributed by atoms with van der Waals surface area (Å²) in [6.45, 7) is 4.86. The number of aryl methyl sites for hydroxylation is 2. The molecule has 8 heteroatoms. The highest BCUT2D eigenvalue weighted by atomic mass is 32.2. The Labute approximate surface area is 158 Å². The van der Waals surface area contributed by atoms with Crippen LogP contribution in [0.3, 0.4) is 0 Å². The number of sulfone groups is 1. The number of aromatic nitrogens is 3. The monoisotopic (exact) mass is 389 g/mol. The van der Waals surface area contributed by atoms with Crippen molar-refractivity contribution in [2.45, 2.75) is 33.3 Å². The Bertz CT molecular complexity index is 1030. The second-order valence-electron chi connectivity index (χ2n) is 7.24. The Morgan fingerprint density at radius 1 is 1.30 bits per heavy atom. The molecule has 4 rings (SSSR count). The Morgan fingerprint density at radius 3 is 2.78 bits per heavy atom. The molecule has 1 N–H and O–H groups in total. The number of fused-ring (bicyclic) bond motifs is 1. The topological polar surface area (TPSA) is 98.1 Å². The summed E-state index contributed by atoms with van der Waals surface area (Å²) in [5.41, 5.74) is 4.63. The predicted octanol–water partition coefficient (Wildman–Crippen LogP) is 3.18. The van der Waals surface area contributed by atoms with Crippen molar-refractivity contribution in [3.05, 3.63) is 35.5 Å². The summed E-state index contributed by atoms with van der Waals surface area (Å²) in [6.07, 6.45) is 5.11. The third-order valence-electron chi connectivity index (χ3n) is 5.22. The van der Waals surface area contributed by atoms with E-state index in [4.69, 9.17) is 9.26 Å². The number of H-pyrrole nitrogens is 1. The van der Waals surface area contributed by atoms with E-state index in [2.05, 4.69) is 21.2 Å². The van der Waals surface area contributed by atoms with Gasteiger partial charge in [0, 0.05) is 41.1 Å². The number of rotatable bonds is 5. The Kier molecular flexibility index (Phi) is 4.77. The molecule has 27 heavy (non-hydrogen) atoms. The van der Waals surface area contributed by atoms with Crippen LogP contribution in [0.5, 0.6) is 0 Å². The van der Waals surface area contributed by atoms with Crippen molar-refractivity contribution in [1.29, 1.82) is 0 Å². The number of aromatic amines is 1. The standard InChI is InChI=1S/C19H23N3O4S/c1-12-18(13(2)26-22-12)15-7-17-16(9-21-19(17)20-8-15)11-25-10-14-3-5-27(23,24)6-4-14/h7-9,14H,3-6,10-11H2,1-2H3,(H,20,21). The maximum absolute atomic E-state index is 11.5. The number of ether oxygens (including phenoxy) is 1. The normalized spacial score (nSPS) is 17.6. The highest BCUT2D eigenvalue weighted by molar-refractivity contribution is 7.91. The van der Waals surface area contributed by atoms with Gasteiger partial charge in [-0.2, -0.15) is 0 Å². The van der Waals surface area contributed by atoms with Crippen molar-refractivity contribution in [3.8, 4) is 11.1 Å². The Hall–Kier alpha value is -2.19. The highest BCUT2D eigenvalue weighted by Gasteiger charge is 2.23. The zero-order valence-corrected chi connectivity index (χ0v) is 16.3. The molecule has 0 amide bonds. The molecule has 0 saturated carbocycles. The molecule has 0 spiro atoms. The van der Waals surface area contributed by atoms with Crippen LogP contribution in [0.1, 0.15) is 29.9 Å². The summed E-state index contributed by atoms with van der Waals surface area (Å²) in [6, 6.07) is 2.08. The molecule has 3 aromatic rings. The molecule has 0 aliphatic carbocycles. The van der Waals surface area contributed by atoms with Crippen LogP contribution in [0.4, 0.5) is 0 Å². The average molecular weight is 389 g/mol. The number of pyridine rings is 1. The number of hydrogen-bond acceptors (Lipinski definition) is 6. The summed E-state index contributed by atoms with van der Waals surface area (Å²) >= 11 is 0. The minimum Gasteiger partial charge on any atom is -0.376 e. The van der Waals surface area contributed by atoms with Gasteiger partial charge in [0.1, 0.15) is 21.2 Å². The summed E-state index contributed by atoms with van der Waals surface area (Å²) in [4.78, 5) is 7.69. The molecule has 7 nitrogen and oxygen atoms in total. The van der Waals surface area contributed by atoms with Crippen molar-refractivity contribution < 1.29 is 17.7 Å². The molecule has 1 saturated heterocycles. The van der Waals surface area contributed by atoms with Crippen LogP contribution in [-0.2, 0) is 21.2 Å². The number of hydrogen-bond donors (Lipinski definition) is 1. The molecule has 0 atom stereocenters. The molecule has 3 aromatic heterocycles. The van der Waals surface area contributed by atoms with E-state index in [9.17, 15) is 8.42 Å². The van der Waals surface area contributed by atoms with Gasteiger partial charge in [-0.1, -0.05) is 5.16 Å². The van der Waals surface area contributed by atoms with Crippen molar-refractivity contribution in [2.24, 2.45) is 5.92 Å². The zero-order chi connectivity index (χ0) is 19.0. The van der Waals surface area contributed by atoms with Gasteiger partial charge in [0.25, 0.3) is 0 Å². The number of nitrogens with zero attached hydrogens (tertiary/aromatic N) is 2. The van der Waals surface area contributed by atoms with Gasteiger partial charge in [-0.15, -0.1) is 0 Å². The summed E-state index contributed by atoms with van der Waals surface area (Å²) in [7, 11) is -2.83. The first kappa shape index (κ1) is 18.2. The second kappa shape index (κ2) is 7.09. The average Bonchev–Trinajstić information content (AvgIpc) is 3.19. The molecule has 0 bridgehead atoms. The van der Waals surface area contributed by atoms with Gasteiger partial charge in [-0.25, -0.2) is 13.4 Å². The molecule has 1 aliphatic rings. The summed E-state index contributed by atoms with van der Waals surface area (Å²) in [5, 5.41) is 5.03. The minimum absolute atomic E-state index is 0.277. The molecule has 0 unspecified atom stereocenters. The van der Waals surface area contributed by atoms with Crippen LogP contribution in [0, 0.1) is 19.8 Å². The molecule has 1 aliphatic heterocycles. The lowest BCUT2D eigenvalue weighted by molar-refractivity contribution is 0.0843. The maximum atomic E-state index is 11.5. The molecule has 0 aromatic carbocycles. The van der Waals surface area contributed by atoms with Crippen LogP contribution < -0.4 is 0 Å². The van der Waals surface area contributed by atoms with Gasteiger partial charge in [-0.3, -0.25) is 0 Å². The third kappa shape index (κ3) is 3.77. The fourth-order valence-corrected chi connectivity index (χ4v) is 5.24. The van der Waals surface area contributed by atoms with Gasteiger partial charge in [0.05, 0.1) is 23.8 Å². The van der Waals surface area contributed by atoms with E-state index in [1.54, 1.807) is 0 Å². The van der Waals surface area contributed by atoms with E-state index in [0.29, 0.717) is 32.0 Å². The molecular formula is C19H23N3O4S. The lowest BCUT2D eigenvalue weighted by atomic mass is 10.0. The Morgan fingerprint density at radius 2 is 2.07 bits per heavy atom. The SMILES string of the molecule is Cc1noc(C)c1-c1cnc2[nH]cc(COCC3CCS(=O)(=O)CC3)c2c1. The molecule has 1 fully saturated rings. The maximum Gasteiger partial charge on any atom is 0.150 e. The first-order valence-corrected chi connectivity index (χ1v) is 10.9. The van der Waals surface area contributed by atoms with E-state index in [0.717, 1.165) is 39.2 Å². The van der Waals surface area contributed by atoms with Crippen molar-refractivity contribution >= 4 is 20.9 Å². The summed E-state index contributed by atoms with van der Waals surface area (Å²) in [5.74, 6) is 1.64. The fourth-order valence-electron chi connectivity index (χ4n) is 3.65. The first-order valence-electron chi connectivity index (χ1n) is 9.10. The van der Waals surface area contributed by atoms with Crippen LogP contribution in [-0.4, -0.2) is 41.7 Å². The first-order chi connectivity index (χ1) is 12.9. The van der Waals surface area contributed by atoms with Crippen molar-refractivity contribution in [3.63, 3.8) is 0 Å². The van der Waals surface area contributed by atoms with Gasteiger partial charge in [0.15, 0.2) is 0 Å². The Balaban J connectivity index is 1.47. The minimum atomic E-state index is -2.83. The van der Waals surface area contributed by atoms with Gasteiger partial charge in [-0.05, 0) is 38.7 Å². The number of nitrogens with one attached hydrogen (secondary N) is 1. The lowest BCUT2D eigenvalue weighted by Crippen LogP contribution is -2.26. The second-order valence-corrected chi connectivity index (χ2v) is 9.55. The van der Waals surface area contributed by atoms with E-state index < -0.39 is 9.84 Å². The van der Waals surface area contributed by atoms with E-state index in [1.807, 2.05) is 26.2 Å². The zero-order valence-electron chi connectivity index (χ0n) is 15.5. The van der Waals surface area contributed by atoms with Gasteiger partial charge >= 0.3 is 0 Å². The smallest absolute Gasteiger partial charge is 0.150 e. The van der Waals surface area contributed by atoms with E-state index in [1.165, 1.54) is 0 Å². The van der Waals surface area contributed by atoms with Crippen LogP contribution in [0.25, 0.3) is 22.2 Å². The van der Waals surface area contributed by atoms with Crippen LogP contribution in [0.15, 0.2) is 23.0 Å². The van der Waals surface area contributed by atoms with Crippen molar-refractivity contribution in [2.75, 3.05) is 18.1 Å². The molecule has 144 valence electrons. The lowest BCUT2D eigenvalue weighted by Gasteiger charge is -2.21. The van der Waals surface area contributed by atoms with E-state index >= 15 is 0 Å². The summed E-state index contributed by atoms with van der Waals surface area (Å²) < 4.78 is 34.2. The quantitative estimate of drug-likeness (QED) is 0.720. The van der Waals surface area contributed by atoms with Crippen LogP contribution >= 0.6 is 0 Å². The van der Waals surface area contributed by atoms with Crippen LogP contribution in [0.2, 0.25) is 0 Å². The third-order valence-corrected chi connectivity index (χ3v) is 6.94. The predicted molar refractivity (Wildman–Crippen MR) is 102 cm³/mol. The molecular weight excluding hydrogens is 366 g/mol. The van der Waals surface area contributed by atoms with Gasteiger partial charge in [0.2, 0.25) is 0 Å². The largest absolute Gasteiger partial charge is 0.376 e. The molecule has 4 heterocycles. The van der Waals surface area contributed by atoms with E-state index in [-0.39, 0.29) is 11.5 Å². The highest BCUT2D eigenvalue weighted by Crippen LogP contribution is 2.30. The van der Waals surface area contributed by atoms with Gasteiger partial charge < -0.3 is 14.2 Å². The fraction of sp³-hybridized carbons (Fsp3) is 0.474. The van der Waals surface area contributed by atoms with Crippen molar-refractivity contribution in [1.82, 2.24) is 15.1 Å².